The Bertz CT molecular complexity index is 1320. The maximum atomic E-state index is 13.0. The second-order valence-corrected chi connectivity index (χ2v) is 9.65. The topological polar surface area (TPSA) is 63.8 Å². The Morgan fingerprint density at radius 2 is 1.91 bits per heavy atom. The van der Waals surface area contributed by atoms with Crippen LogP contribution in [0.25, 0.3) is 11.0 Å². The molecule has 0 fully saturated rings. The molecule has 0 spiro atoms. The van der Waals surface area contributed by atoms with E-state index >= 15 is 0 Å². The number of hydrogen-bond acceptors (Lipinski definition) is 4. The third kappa shape index (κ3) is 5.57. The first-order valence-electron chi connectivity index (χ1n) is 9.28. The molecule has 0 atom stereocenters. The molecule has 4 aromatic rings. The number of amides is 1. The first-order chi connectivity index (χ1) is 15.4. The van der Waals surface area contributed by atoms with E-state index in [1.165, 1.54) is 12.1 Å². The number of nitrogens with zero attached hydrogens (tertiary/aromatic N) is 1. The van der Waals surface area contributed by atoms with Gasteiger partial charge in [0.15, 0.2) is 5.76 Å². The van der Waals surface area contributed by atoms with E-state index in [0.717, 1.165) is 29.0 Å². The predicted molar refractivity (Wildman–Crippen MR) is 137 cm³/mol. The van der Waals surface area contributed by atoms with Crippen LogP contribution in [-0.2, 0) is 6.61 Å². The van der Waals surface area contributed by atoms with Crippen LogP contribution in [0, 0.1) is 9.39 Å². The van der Waals surface area contributed by atoms with Crippen LogP contribution in [0.4, 0.5) is 4.39 Å². The van der Waals surface area contributed by atoms with E-state index in [1.807, 2.05) is 30.3 Å². The van der Waals surface area contributed by atoms with Crippen LogP contribution in [0.3, 0.4) is 0 Å². The van der Waals surface area contributed by atoms with Crippen molar-refractivity contribution >= 4 is 77.5 Å². The molecule has 0 aliphatic heterocycles. The van der Waals surface area contributed by atoms with Crippen LogP contribution < -0.4 is 10.2 Å². The van der Waals surface area contributed by atoms with Crippen molar-refractivity contribution in [1.29, 1.82) is 0 Å². The number of hydrazone groups is 1. The highest BCUT2D eigenvalue weighted by molar-refractivity contribution is 14.1. The smallest absolute Gasteiger partial charge is 0.307 e. The first kappa shape index (κ1) is 22.9. The predicted octanol–water partition coefficient (Wildman–Crippen LogP) is 7.04. The van der Waals surface area contributed by atoms with Crippen molar-refractivity contribution < 1.29 is 18.3 Å². The summed E-state index contributed by atoms with van der Waals surface area (Å²) in [6.45, 7) is 0.337. The first-order valence-corrected chi connectivity index (χ1v) is 11.9. The normalized spacial score (nSPS) is 11.2. The lowest BCUT2D eigenvalue weighted by Crippen LogP contribution is -2.16. The average molecular weight is 672 g/mol. The molecule has 32 heavy (non-hydrogen) atoms. The molecule has 9 heteroatoms. The number of carbonyl (C=O) groups is 1. The summed E-state index contributed by atoms with van der Waals surface area (Å²) in [4.78, 5) is 12.4. The van der Waals surface area contributed by atoms with Crippen molar-refractivity contribution in [2.75, 3.05) is 0 Å². The summed E-state index contributed by atoms with van der Waals surface area (Å²) in [5.74, 6) is 0.139. The fourth-order valence-corrected chi connectivity index (χ4v) is 4.90. The number of fused-ring (bicyclic) bond motifs is 1. The molecule has 0 radical (unpaired) electrons. The molecule has 1 heterocycles. The van der Waals surface area contributed by atoms with Gasteiger partial charge >= 0.3 is 5.91 Å². The molecule has 5 nitrogen and oxygen atoms in total. The quantitative estimate of drug-likeness (QED) is 0.136. The van der Waals surface area contributed by atoms with Crippen LogP contribution in [0.1, 0.15) is 21.7 Å². The summed E-state index contributed by atoms with van der Waals surface area (Å²) in [7, 11) is 0. The minimum atomic E-state index is -0.450. The van der Waals surface area contributed by atoms with Crippen molar-refractivity contribution in [1.82, 2.24) is 5.43 Å². The monoisotopic (exact) mass is 670 g/mol. The molecular formula is C23H14Br2FIN2O3. The third-order valence-corrected chi connectivity index (χ3v) is 6.29. The maximum absolute atomic E-state index is 13.0. The molecule has 0 saturated carbocycles. The van der Waals surface area contributed by atoms with Gasteiger partial charge in [-0.15, -0.1) is 0 Å². The highest BCUT2D eigenvalue weighted by Gasteiger charge is 2.14. The van der Waals surface area contributed by atoms with Gasteiger partial charge in [0.25, 0.3) is 0 Å². The van der Waals surface area contributed by atoms with Crippen LogP contribution in [0.2, 0.25) is 0 Å². The molecule has 0 unspecified atom stereocenters. The van der Waals surface area contributed by atoms with Gasteiger partial charge in [-0.1, -0.05) is 28.1 Å². The van der Waals surface area contributed by atoms with Crippen molar-refractivity contribution in [2.24, 2.45) is 5.10 Å². The SMILES string of the molecule is O=C(N/N=C\c1ccc(OCc2ccc(F)cc2)c(I)c1)c1cc2cc(Br)cc(Br)c2o1. The van der Waals surface area contributed by atoms with Gasteiger partial charge in [-0.2, -0.15) is 5.10 Å². The highest BCUT2D eigenvalue weighted by Crippen LogP contribution is 2.31. The van der Waals surface area contributed by atoms with E-state index in [4.69, 9.17) is 9.15 Å². The van der Waals surface area contributed by atoms with Gasteiger partial charge in [-0.3, -0.25) is 4.79 Å². The number of ether oxygens (including phenoxy) is 1. The zero-order chi connectivity index (χ0) is 22.7. The van der Waals surface area contributed by atoms with Gasteiger partial charge in [0.05, 0.1) is 14.3 Å². The molecule has 1 amide bonds. The fraction of sp³-hybridized carbons (Fsp3) is 0.0435. The molecule has 4 rings (SSSR count). The summed E-state index contributed by atoms with van der Waals surface area (Å²) in [6, 6.07) is 17.1. The zero-order valence-electron chi connectivity index (χ0n) is 16.2. The molecule has 162 valence electrons. The molecule has 0 saturated heterocycles. The van der Waals surface area contributed by atoms with Gasteiger partial charge in [-0.05, 0) is 98.2 Å². The van der Waals surface area contributed by atoms with Gasteiger partial charge in [0, 0.05) is 9.86 Å². The van der Waals surface area contributed by atoms with Crippen LogP contribution in [0.15, 0.2) is 79.1 Å². The number of benzene rings is 3. The number of halogens is 4. The van der Waals surface area contributed by atoms with Gasteiger partial charge in [0.1, 0.15) is 23.8 Å². The van der Waals surface area contributed by atoms with E-state index in [-0.39, 0.29) is 11.6 Å². The summed E-state index contributed by atoms with van der Waals surface area (Å²) < 4.78 is 26.9. The standard InChI is InChI=1S/C23H14Br2FIN2O3/c24-16-8-15-9-21(32-22(15)18(25)10-16)23(30)29-28-11-14-3-6-20(19(27)7-14)31-12-13-1-4-17(26)5-2-13/h1-11H,12H2,(H,29,30)/b28-11-. The molecule has 0 bridgehead atoms. The van der Waals surface area contributed by atoms with Crippen molar-refractivity contribution in [3.8, 4) is 5.75 Å². The third-order valence-electron chi connectivity index (χ3n) is 4.40. The lowest BCUT2D eigenvalue weighted by molar-refractivity contribution is 0.0929. The Labute approximate surface area is 213 Å². The summed E-state index contributed by atoms with van der Waals surface area (Å²) >= 11 is 9.00. The Morgan fingerprint density at radius 3 is 2.66 bits per heavy atom. The Hall–Kier alpha value is -2.24. The number of rotatable bonds is 6. The Kier molecular flexibility index (Phi) is 7.27. The van der Waals surface area contributed by atoms with Crippen LogP contribution in [-0.4, -0.2) is 12.1 Å². The molecule has 3 aromatic carbocycles. The largest absolute Gasteiger partial charge is 0.488 e. The van der Waals surface area contributed by atoms with E-state index in [1.54, 1.807) is 24.4 Å². The average Bonchev–Trinajstić information content (AvgIpc) is 3.19. The maximum Gasteiger partial charge on any atom is 0.307 e. The summed E-state index contributed by atoms with van der Waals surface area (Å²) in [5, 5.41) is 4.81. The fourth-order valence-electron chi connectivity index (χ4n) is 2.86. The summed E-state index contributed by atoms with van der Waals surface area (Å²) in [5.41, 5.74) is 4.73. The number of furan rings is 1. The minimum Gasteiger partial charge on any atom is -0.488 e. The second-order valence-electron chi connectivity index (χ2n) is 6.72. The Morgan fingerprint density at radius 1 is 1.12 bits per heavy atom. The second kappa shape index (κ2) is 10.1. The molecule has 1 N–H and O–H groups in total. The van der Waals surface area contributed by atoms with E-state index in [2.05, 4.69) is 65.0 Å². The van der Waals surface area contributed by atoms with E-state index in [0.29, 0.717) is 17.9 Å². The van der Waals surface area contributed by atoms with E-state index in [9.17, 15) is 9.18 Å². The van der Waals surface area contributed by atoms with Crippen LogP contribution in [0.5, 0.6) is 5.75 Å². The molecule has 1 aromatic heterocycles. The van der Waals surface area contributed by atoms with Crippen molar-refractivity contribution in [3.63, 3.8) is 0 Å². The van der Waals surface area contributed by atoms with Crippen LogP contribution >= 0.6 is 54.5 Å². The van der Waals surface area contributed by atoms with Gasteiger partial charge < -0.3 is 9.15 Å². The lowest BCUT2D eigenvalue weighted by atomic mass is 10.2. The number of nitrogens with one attached hydrogen (secondary N) is 1. The van der Waals surface area contributed by atoms with Crippen molar-refractivity contribution in [3.05, 3.63) is 95.9 Å². The van der Waals surface area contributed by atoms with Crippen molar-refractivity contribution in [2.45, 2.75) is 6.61 Å². The lowest BCUT2D eigenvalue weighted by Gasteiger charge is -2.09. The minimum absolute atomic E-state index is 0.162. The molecule has 0 aliphatic rings. The summed E-state index contributed by atoms with van der Waals surface area (Å²) in [6.07, 6.45) is 1.54. The van der Waals surface area contributed by atoms with Gasteiger partial charge in [-0.25, -0.2) is 9.82 Å². The molecular weight excluding hydrogens is 658 g/mol. The number of carbonyl (C=O) groups excluding carboxylic acids is 1. The van der Waals surface area contributed by atoms with Gasteiger partial charge in [0.2, 0.25) is 0 Å². The van der Waals surface area contributed by atoms with E-state index < -0.39 is 5.91 Å². The Balaban J connectivity index is 1.38. The number of hydrogen-bond donors (Lipinski definition) is 1. The zero-order valence-corrected chi connectivity index (χ0v) is 21.6. The highest BCUT2D eigenvalue weighted by atomic mass is 127. The molecule has 0 aliphatic carbocycles.